The van der Waals surface area contributed by atoms with E-state index in [0.717, 1.165) is 29.8 Å². The third-order valence-corrected chi connectivity index (χ3v) is 5.85. The van der Waals surface area contributed by atoms with E-state index in [-0.39, 0.29) is 28.8 Å². The van der Waals surface area contributed by atoms with Crippen molar-refractivity contribution < 1.29 is 26.2 Å². The van der Waals surface area contributed by atoms with E-state index in [1.807, 2.05) is 13.8 Å². The van der Waals surface area contributed by atoms with Crippen LogP contribution in [0.3, 0.4) is 0 Å². The second kappa shape index (κ2) is 10.4. The molecule has 33 heavy (non-hydrogen) atoms. The van der Waals surface area contributed by atoms with Crippen molar-refractivity contribution >= 4 is 21.8 Å². The fourth-order valence-corrected chi connectivity index (χ4v) is 3.99. The molecule has 1 N–H and O–H groups in total. The summed E-state index contributed by atoms with van der Waals surface area (Å²) in [6, 6.07) is 16.0. The van der Waals surface area contributed by atoms with E-state index in [4.69, 9.17) is 4.18 Å². The van der Waals surface area contributed by atoms with Crippen LogP contribution in [-0.2, 0) is 16.7 Å². The van der Waals surface area contributed by atoms with Crippen LogP contribution in [0.25, 0.3) is 0 Å². The highest BCUT2D eigenvalue weighted by atomic mass is 32.2. The minimum absolute atomic E-state index is 0.0780. The maximum Gasteiger partial charge on any atom is 0.339 e. The first kappa shape index (κ1) is 24.2. The fourth-order valence-electron chi connectivity index (χ4n) is 3.06. The number of carbonyl (C=O) groups excluding carboxylic acids is 1. The zero-order chi connectivity index (χ0) is 24.0. The number of urea groups is 1. The van der Waals surface area contributed by atoms with Gasteiger partial charge >= 0.3 is 16.1 Å². The van der Waals surface area contributed by atoms with Crippen LogP contribution in [0.2, 0.25) is 0 Å². The third-order valence-electron chi connectivity index (χ3n) is 4.59. The van der Waals surface area contributed by atoms with Crippen LogP contribution in [-0.4, -0.2) is 25.9 Å². The van der Waals surface area contributed by atoms with Crippen molar-refractivity contribution in [1.29, 1.82) is 0 Å². The van der Waals surface area contributed by atoms with Crippen LogP contribution < -0.4 is 9.50 Å². The Bertz CT molecular complexity index is 1200. The predicted molar refractivity (Wildman–Crippen MR) is 121 cm³/mol. The van der Waals surface area contributed by atoms with Gasteiger partial charge in [-0.2, -0.15) is 8.42 Å². The number of hydrogen-bond acceptors (Lipinski definition) is 4. The SMILES string of the molecule is CC(C)CN(Cc1ccc(OS(=O)(=O)c2ccc(F)cc2)cc1)C(=O)Nc1ccccc1F. The van der Waals surface area contributed by atoms with Crippen molar-refractivity contribution in [3.05, 3.63) is 90.0 Å². The minimum Gasteiger partial charge on any atom is -0.379 e. The maximum absolute atomic E-state index is 13.9. The number of anilines is 1. The Morgan fingerprint density at radius 3 is 2.21 bits per heavy atom. The molecule has 6 nitrogen and oxygen atoms in total. The quantitative estimate of drug-likeness (QED) is 0.442. The van der Waals surface area contributed by atoms with Gasteiger partial charge < -0.3 is 14.4 Å². The molecule has 0 aliphatic rings. The summed E-state index contributed by atoms with van der Waals surface area (Å²) in [4.78, 5) is 14.1. The highest BCUT2D eigenvalue weighted by Gasteiger charge is 2.19. The average Bonchev–Trinajstić information content (AvgIpc) is 2.76. The molecule has 0 heterocycles. The Balaban J connectivity index is 1.70. The molecule has 0 saturated carbocycles. The van der Waals surface area contributed by atoms with Gasteiger partial charge in [-0.15, -0.1) is 0 Å². The summed E-state index contributed by atoms with van der Waals surface area (Å²) in [5.41, 5.74) is 0.817. The molecule has 0 saturated heterocycles. The molecule has 3 aromatic carbocycles. The van der Waals surface area contributed by atoms with E-state index in [0.29, 0.717) is 6.54 Å². The zero-order valence-electron chi connectivity index (χ0n) is 18.2. The first-order chi connectivity index (χ1) is 15.6. The number of amides is 2. The number of rotatable bonds is 8. The molecule has 0 unspecified atom stereocenters. The number of nitrogens with one attached hydrogen (secondary N) is 1. The van der Waals surface area contributed by atoms with Crippen LogP contribution in [0.5, 0.6) is 5.75 Å². The van der Waals surface area contributed by atoms with Crippen LogP contribution >= 0.6 is 0 Å². The molecular formula is C24H24F2N2O4S. The number of halogens is 2. The van der Waals surface area contributed by atoms with Gasteiger partial charge in [-0.25, -0.2) is 13.6 Å². The first-order valence-electron chi connectivity index (χ1n) is 10.2. The second-order valence-corrected chi connectivity index (χ2v) is 9.37. The number of carbonyl (C=O) groups is 1. The van der Waals surface area contributed by atoms with Gasteiger partial charge in [0.25, 0.3) is 0 Å². The third kappa shape index (κ3) is 6.76. The van der Waals surface area contributed by atoms with E-state index in [2.05, 4.69) is 5.32 Å². The van der Waals surface area contributed by atoms with Crippen molar-refractivity contribution in [2.75, 3.05) is 11.9 Å². The summed E-state index contributed by atoms with van der Waals surface area (Å²) in [7, 11) is -4.11. The molecule has 0 bridgehead atoms. The first-order valence-corrected chi connectivity index (χ1v) is 11.6. The van der Waals surface area contributed by atoms with E-state index >= 15 is 0 Å². The molecule has 0 aromatic heterocycles. The Labute approximate surface area is 191 Å². The topological polar surface area (TPSA) is 75.7 Å². The van der Waals surface area contributed by atoms with Gasteiger partial charge in [0, 0.05) is 13.1 Å². The fraction of sp³-hybridized carbons (Fsp3) is 0.208. The summed E-state index contributed by atoms with van der Waals surface area (Å²) in [5, 5.41) is 2.58. The second-order valence-electron chi connectivity index (χ2n) is 7.82. The van der Waals surface area contributed by atoms with Gasteiger partial charge in [0.1, 0.15) is 22.3 Å². The Kier molecular flexibility index (Phi) is 7.65. The van der Waals surface area contributed by atoms with Gasteiger partial charge in [0.2, 0.25) is 0 Å². The molecule has 0 radical (unpaired) electrons. The van der Waals surface area contributed by atoms with Gasteiger partial charge in [0.05, 0.1) is 5.69 Å². The number of para-hydroxylation sites is 1. The lowest BCUT2D eigenvalue weighted by atomic mass is 10.1. The van der Waals surface area contributed by atoms with Gasteiger partial charge in [0.15, 0.2) is 0 Å². The number of benzene rings is 3. The van der Waals surface area contributed by atoms with Crippen molar-refractivity contribution in [2.45, 2.75) is 25.3 Å². The summed E-state index contributed by atoms with van der Waals surface area (Å²) in [6.07, 6.45) is 0. The molecule has 2 amide bonds. The highest BCUT2D eigenvalue weighted by Crippen LogP contribution is 2.21. The molecule has 0 aliphatic carbocycles. The summed E-state index contributed by atoms with van der Waals surface area (Å²) < 4.78 is 56.8. The van der Waals surface area contributed by atoms with Gasteiger partial charge in [-0.1, -0.05) is 38.1 Å². The monoisotopic (exact) mass is 474 g/mol. The number of hydrogen-bond donors (Lipinski definition) is 1. The Hall–Kier alpha value is -3.46. The molecule has 0 atom stereocenters. The summed E-state index contributed by atoms with van der Waals surface area (Å²) >= 11 is 0. The Morgan fingerprint density at radius 1 is 0.970 bits per heavy atom. The van der Waals surface area contributed by atoms with Crippen molar-refractivity contribution in [3.63, 3.8) is 0 Å². The van der Waals surface area contributed by atoms with E-state index in [1.54, 1.807) is 23.1 Å². The molecule has 174 valence electrons. The van der Waals surface area contributed by atoms with Gasteiger partial charge in [-0.3, -0.25) is 0 Å². The lowest BCUT2D eigenvalue weighted by molar-refractivity contribution is 0.201. The largest absolute Gasteiger partial charge is 0.379 e. The summed E-state index contributed by atoms with van der Waals surface area (Å²) in [5.74, 6) is -0.836. The molecule has 9 heteroatoms. The van der Waals surface area contributed by atoms with Crippen LogP contribution in [0.1, 0.15) is 19.4 Å². The van der Waals surface area contributed by atoms with Crippen molar-refractivity contribution in [3.8, 4) is 5.75 Å². The lowest BCUT2D eigenvalue weighted by Crippen LogP contribution is -2.37. The minimum atomic E-state index is -4.11. The van der Waals surface area contributed by atoms with E-state index in [9.17, 15) is 22.0 Å². The van der Waals surface area contributed by atoms with E-state index < -0.39 is 27.8 Å². The number of nitrogens with zero attached hydrogens (tertiary/aromatic N) is 1. The standard InChI is InChI=1S/C24H24F2N2O4S/c1-17(2)15-28(24(29)27-23-6-4-3-5-22(23)26)16-18-7-11-20(12-8-18)32-33(30,31)21-13-9-19(25)10-14-21/h3-14,17H,15-16H2,1-2H3,(H,27,29). The molecule has 0 fully saturated rings. The lowest BCUT2D eigenvalue weighted by Gasteiger charge is -2.25. The zero-order valence-corrected chi connectivity index (χ0v) is 19.0. The van der Waals surface area contributed by atoms with Gasteiger partial charge in [-0.05, 0) is 60.0 Å². The average molecular weight is 475 g/mol. The maximum atomic E-state index is 13.9. The predicted octanol–water partition coefficient (Wildman–Crippen LogP) is 5.42. The van der Waals surface area contributed by atoms with Crippen LogP contribution in [0.4, 0.5) is 19.3 Å². The van der Waals surface area contributed by atoms with Crippen molar-refractivity contribution in [2.24, 2.45) is 5.92 Å². The molecule has 3 rings (SSSR count). The smallest absolute Gasteiger partial charge is 0.339 e. The normalized spacial score (nSPS) is 11.3. The van der Waals surface area contributed by atoms with Crippen LogP contribution in [0, 0.1) is 17.6 Å². The van der Waals surface area contributed by atoms with Crippen LogP contribution in [0.15, 0.2) is 77.7 Å². The Morgan fingerprint density at radius 2 is 1.61 bits per heavy atom. The molecule has 0 spiro atoms. The molecule has 3 aromatic rings. The molecule has 0 aliphatic heterocycles. The van der Waals surface area contributed by atoms with Crippen molar-refractivity contribution in [1.82, 2.24) is 4.90 Å². The molecular weight excluding hydrogens is 450 g/mol. The summed E-state index contributed by atoms with van der Waals surface area (Å²) in [6.45, 7) is 4.57. The van der Waals surface area contributed by atoms with E-state index in [1.165, 1.54) is 30.3 Å². The highest BCUT2D eigenvalue weighted by molar-refractivity contribution is 7.87.